The summed E-state index contributed by atoms with van der Waals surface area (Å²) in [5, 5.41) is 2.64. The van der Waals surface area contributed by atoms with Gasteiger partial charge in [-0.25, -0.2) is 12.8 Å². The van der Waals surface area contributed by atoms with E-state index in [0.717, 1.165) is 0 Å². The molecule has 1 unspecified atom stereocenters. The van der Waals surface area contributed by atoms with Gasteiger partial charge in [0.05, 0.1) is 17.2 Å². The molecule has 1 amide bonds. The first-order valence-electron chi connectivity index (χ1n) is 5.81. The smallest absolute Gasteiger partial charge is 0.224 e. The minimum Gasteiger partial charge on any atom is -0.325 e. The maximum atomic E-state index is 12.9. The Labute approximate surface area is 119 Å². The quantitative estimate of drug-likeness (QED) is 0.910. The van der Waals surface area contributed by atoms with E-state index in [1.807, 2.05) is 0 Å². The molecule has 0 saturated carbocycles. The summed E-state index contributed by atoms with van der Waals surface area (Å²) < 4.78 is 35.9. The Morgan fingerprint density at radius 3 is 2.79 bits per heavy atom. The van der Waals surface area contributed by atoms with E-state index in [1.54, 1.807) is 0 Å². The average molecular weight is 350 g/mol. The van der Waals surface area contributed by atoms with Gasteiger partial charge < -0.3 is 5.32 Å². The van der Waals surface area contributed by atoms with Crippen molar-refractivity contribution in [1.82, 2.24) is 0 Å². The molecule has 1 aromatic rings. The molecule has 1 fully saturated rings. The molecule has 104 valence electrons. The molecule has 1 saturated heterocycles. The van der Waals surface area contributed by atoms with E-state index >= 15 is 0 Å². The fraction of sp³-hybridized carbons (Fsp3) is 0.417. The van der Waals surface area contributed by atoms with Gasteiger partial charge in [-0.05, 0) is 46.5 Å². The van der Waals surface area contributed by atoms with Crippen LogP contribution in [0.15, 0.2) is 22.7 Å². The molecular weight excluding hydrogens is 337 g/mol. The lowest BCUT2D eigenvalue weighted by Gasteiger charge is -2.10. The van der Waals surface area contributed by atoms with Crippen LogP contribution in [0.2, 0.25) is 0 Å². The van der Waals surface area contributed by atoms with Gasteiger partial charge in [0.25, 0.3) is 0 Å². The summed E-state index contributed by atoms with van der Waals surface area (Å²) in [5.41, 5.74) is 0.479. The molecule has 1 N–H and O–H groups in total. The summed E-state index contributed by atoms with van der Waals surface area (Å²) in [6, 6.07) is 3.97. The topological polar surface area (TPSA) is 63.2 Å². The molecule has 1 heterocycles. The molecule has 1 aliphatic heterocycles. The minimum absolute atomic E-state index is 0.0744. The molecule has 1 aliphatic rings. The average Bonchev–Trinajstić information content (AvgIpc) is 2.62. The van der Waals surface area contributed by atoms with Crippen molar-refractivity contribution in [3.05, 3.63) is 28.5 Å². The van der Waals surface area contributed by atoms with Gasteiger partial charge in [-0.3, -0.25) is 4.79 Å². The second-order valence-corrected chi connectivity index (χ2v) is 7.73. The van der Waals surface area contributed by atoms with Crippen LogP contribution in [-0.4, -0.2) is 25.8 Å². The molecule has 2 rings (SSSR count). The van der Waals surface area contributed by atoms with Gasteiger partial charge in [0.2, 0.25) is 5.91 Å². The Morgan fingerprint density at radius 2 is 2.21 bits per heavy atom. The van der Waals surface area contributed by atoms with Crippen LogP contribution >= 0.6 is 15.9 Å². The number of rotatable bonds is 3. The summed E-state index contributed by atoms with van der Waals surface area (Å²) in [5.74, 6) is -0.540. The number of hydrogen-bond donors (Lipinski definition) is 1. The summed E-state index contributed by atoms with van der Waals surface area (Å²) >= 11 is 3.16. The normalized spacial score (nSPS) is 21.3. The highest BCUT2D eigenvalue weighted by molar-refractivity contribution is 9.10. The molecule has 0 radical (unpaired) electrons. The van der Waals surface area contributed by atoms with Gasteiger partial charge in [0.1, 0.15) is 5.82 Å². The predicted octanol–water partition coefficient (Wildman–Crippen LogP) is 2.35. The molecule has 7 heteroatoms. The van der Waals surface area contributed by atoms with Gasteiger partial charge in [-0.1, -0.05) is 0 Å². The number of carbonyl (C=O) groups is 1. The van der Waals surface area contributed by atoms with Crippen molar-refractivity contribution in [3.63, 3.8) is 0 Å². The zero-order chi connectivity index (χ0) is 14.0. The van der Waals surface area contributed by atoms with Crippen LogP contribution < -0.4 is 5.32 Å². The molecule has 1 aromatic carbocycles. The number of hydrogen-bond acceptors (Lipinski definition) is 3. The first-order chi connectivity index (χ1) is 8.85. The van der Waals surface area contributed by atoms with Crippen LogP contribution in [0.25, 0.3) is 0 Å². The second-order valence-electron chi connectivity index (χ2n) is 4.65. The number of carbonyl (C=O) groups excluding carboxylic acids is 1. The molecule has 0 aliphatic carbocycles. The standard InChI is InChI=1S/C12H13BrFNO3S/c13-10-6-9(14)1-2-11(10)15-12(16)5-8-3-4-19(17,18)7-8/h1-2,6,8H,3-5,7H2,(H,15,16). The molecule has 0 bridgehead atoms. The van der Waals surface area contributed by atoms with E-state index < -0.39 is 15.7 Å². The zero-order valence-electron chi connectivity index (χ0n) is 10.0. The third kappa shape index (κ3) is 4.01. The van der Waals surface area contributed by atoms with Crippen LogP contribution in [0.3, 0.4) is 0 Å². The van der Waals surface area contributed by atoms with E-state index in [4.69, 9.17) is 0 Å². The number of amides is 1. The van der Waals surface area contributed by atoms with Crippen LogP contribution in [0, 0.1) is 11.7 Å². The Hall–Kier alpha value is -0.950. The first-order valence-corrected chi connectivity index (χ1v) is 8.42. The second kappa shape index (κ2) is 5.58. The van der Waals surface area contributed by atoms with E-state index in [9.17, 15) is 17.6 Å². The Balaban J connectivity index is 1.95. The number of benzene rings is 1. The monoisotopic (exact) mass is 349 g/mol. The number of anilines is 1. The van der Waals surface area contributed by atoms with Crippen molar-refractivity contribution in [2.24, 2.45) is 5.92 Å². The highest BCUT2D eigenvalue weighted by Gasteiger charge is 2.29. The number of halogens is 2. The van der Waals surface area contributed by atoms with Gasteiger partial charge in [0, 0.05) is 10.9 Å². The van der Waals surface area contributed by atoms with E-state index in [1.165, 1.54) is 18.2 Å². The maximum absolute atomic E-state index is 12.9. The van der Waals surface area contributed by atoms with Crippen molar-refractivity contribution in [2.75, 3.05) is 16.8 Å². The fourth-order valence-electron chi connectivity index (χ4n) is 2.09. The number of nitrogens with one attached hydrogen (secondary N) is 1. The van der Waals surface area contributed by atoms with Crippen molar-refractivity contribution in [3.8, 4) is 0 Å². The van der Waals surface area contributed by atoms with E-state index in [0.29, 0.717) is 16.6 Å². The first kappa shape index (κ1) is 14.5. The largest absolute Gasteiger partial charge is 0.325 e. The highest BCUT2D eigenvalue weighted by Crippen LogP contribution is 2.25. The van der Waals surface area contributed by atoms with Crippen LogP contribution in [0.1, 0.15) is 12.8 Å². The predicted molar refractivity (Wildman–Crippen MR) is 74.1 cm³/mol. The van der Waals surface area contributed by atoms with Crippen molar-refractivity contribution >= 4 is 37.4 Å². The molecule has 1 atom stereocenters. The van der Waals surface area contributed by atoms with E-state index in [2.05, 4.69) is 21.2 Å². The lowest BCUT2D eigenvalue weighted by molar-refractivity contribution is -0.116. The lowest BCUT2D eigenvalue weighted by atomic mass is 10.1. The molecule has 0 aromatic heterocycles. The lowest BCUT2D eigenvalue weighted by Crippen LogP contribution is -2.17. The third-order valence-electron chi connectivity index (χ3n) is 3.01. The van der Waals surface area contributed by atoms with Gasteiger partial charge >= 0.3 is 0 Å². The third-order valence-corrected chi connectivity index (χ3v) is 5.50. The Kier molecular flexibility index (Phi) is 4.25. The Bertz CT molecular complexity index is 603. The summed E-state index contributed by atoms with van der Waals surface area (Å²) in [7, 11) is -2.97. The molecule has 0 spiro atoms. The fourth-order valence-corrected chi connectivity index (χ4v) is 4.40. The van der Waals surface area contributed by atoms with Crippen molar-refractivity contribution in [2.45, 2.75) is 12.8 Å². The summed E-state index contributed by atoms with van der Waals surface area (Å²) in [4.78, 5) is 11.8. The van der Waals surface area contributed by atoms with Gasteiger partial charge in [-0.15, -0.1) is 0 Å². The highest BCUT2D eigenvalue weighted by atomic mass is 79.9. The zero-order valence-corrected chi connectivity index (χ0v) is 12.4. The molecular formula is C12H13BrFNO3S. The minimum atomic E-state index is -2.97. The summed E-state index contributed by atoms with van der Waals surface area (Å²) in [6.07, 6.45) is 0.698. The van der Waals surface area contributed by atoms with Crippen LogP contribution in [-0.2, 0) is 14.6 Å². The van der Waals surface area contributed by atoms with Crippen LogP contribution in [0.4, 0.5) is 10.1 Å². The van der Waals surface area contributed by atoms with Crippen LogP contribution in [0.5, 0.6) is 0 Å². The SMILES string of the molecule is O=C(CC1CCS(=O)(=O)C1)Nc1ccc(F)cc1Br. The van der Waals surface area contributed by atoms with Gasteiger partial charge in [0.15, 0.2) is 9.84 Å². The molecule has 19 heavy (non-hydrogen) atoms. The van der Waals surface area contributed by atoms with Gasteiger partial charge in [-0.2, -0.15) is 0 Å². The Morgan fingerprint density at radius 1 is 1.47 bits per heavy atom. The summed E-state index contributed by atoms with van der Waals surface area (Å²) in [6.45, 7) is 0. The molecule has 4 nitrogen and oxygen atoms in total. The van der Waals surface area contributed by atoms with Crippen molar-refractivity contribution < 1.29 is 17.6 Å². The number of sulfone groups is 1. The van der Waals surface area contributed by atoms with E-state index in [-0.39, 0.29) is 29.8 Å². The maximum Gasteiger partial charge on any atom is 0.224 e. The van der Waals surface area contributed by atoms with Crippen molar-refractivity contribution in [1.29, 1.82) is 0 Å².